The molecule has 7 heteroatoms. The first-order valence-corrected chi connectivity index (χ1v) is 10.1. The minimum atomic E-state index is -0.650. The highest BCUT2D eigenvalue weighted by Crippen LogP contribution is 2.40. The number of rotatable bonds is 2. The monoisotopic (exact) mass is 389 g/mol. The van der Waals surface area contributed by atoms with Crippen molar-refractivity contribution in [3.05, 3.63) is 53.9 Å². The number of aryl methyl sites for hydroxylation is 1. The van der Waals surface area contributed by atoms with Crippen LogP contribution in [0, 0.1) is 11.8 Å². The number of pyridine rings is 1. The van der Waals surface area contributed by atoms with Gasteiger partial charge in [-0.3, -0.25) is 14.3 Å². The first-order valence-electron chi connectivity index (χ1n) is 10.1. The number of nitrogens with one attached hydrogen (secondary N) is 2. The van der Waals surface area contributed by atoms with Crippen molar-refractivity contribution in [1.29, 1.82) is 0 Å². The first kappa shape index (κ1) is 17.8. The highest BCUT2D eigenvalue weighted by Gasteiger charge is 2.40. The molecule has 2 aromatic heterocycles. The van der Waals surface area contributed by atoms with Crippen molar-refractivity contribution >= 4 is 28.5 Å². The van der Waals surface area contributed by atoms with Crippen LogP contribution in [0.3, 0.4) is 0 Å². The van der Waals surface area contributed by atoms with Crippen molar-refractivity contribution in [2.45, 2.75) is 31.7 Å². The molecule has 7 nitrogen and oxygen atoms in total. The van der Waals surface area contributed by atoms with Crippen molar-refractivity contribution in [3.8, 4) is 0 Å². The standard InChI is InChI=1S/C22H23N5O2/c1-27-20-17(12-24-27)18(8-9-23-20)25-21(28)22(29)26-19-15-6-7-16(19)11-14-5-3-2-4-13(14)10-15/h2-5,8-9,12,15-16,19H,6-7,10-11H2,1H3,(H,26,29)(H,23,25,28). The maximum absolute atomic E-state index is 12.7. The van der Waals surface area contributed by atoms with Crippen LogP contribution < -0.4 is 10.6 Å². The second kappa shape index (κ2) is 6.99. The van der Waals surface area contributed by atoms with Gasteiger partial charge < -0.3 is 10.6 Å². The number of nitrogens with zero attached hydrogens (tertiary/aromatic N) is 3. The molecule has 5 rings (SSSR count). The Morgan fingerprint density at radius 2 is 1.72 bits per heavy atom. The molecule has 1 aromatic carbocycles. The van der Waals surface area contributed by atoms with Crippen LogP contribution in [0.25, 0.3) is 11.0 Å². The molecule has 1 fully saturated rings. The second-order valence-electron chi connectivity index (χ2n) is 8.09. The fraction of sp³-hybridized carbons (Fsp3) is 0.364. The first-order chi connectivity index (χ1) is 14.1. The number of carbonyl (C=O) groups excluding carboxylic acids is 2. The third-order valence-corrected chi connectivity index (χ3v) is 6.39. The second-order valence-corrected chi connectivity index (χ2v) is 8.09. The fourth-order valence-corrected chi connectivity index (χ4v) is 4.94. The summed E-state index contributed by atoms with van der Waals surface area (Å²) in [4.78, 5) is 29.6. The van der Waals surface area contributed by atoms with Gasteiger partial charge in [0.15, 0.2) is 5.65 Å². The lowest BCUT2D eigenvalue weighted by Crippen LogP contribution is -2.46. The van der Waals surface area contributed by atoms with Crippen LogP contribution in [-0.2, 0) is 29.5 Å². The summed E-state index contributed by atoms with van der Waals surface area (Å²) in [6, 6.07) is 10.2. The van der Waals surface area contributed by atoms with E-state index >= 15 is 0 Å². The molecule has 2 aliphatic rings. The van der Waals surface area contributed by atoms with Crippen molar-refractivity contribution in [1.82, 2.24) is 20.1 Å². The van der Waals surface area contributed by atoms with E-state index in [0.29, 0.717) is 28.6 Å². The Labute approximate surface area is 168 Å². The van der Waals surface area contributed by atoms with E-state index in [1.807, 2.05) is 0 Å². The normalized spacial score (nSPS) is 22.7. The highest BCUT2D eigenvalue weighted by atomic mass is 16.2. The molecule has 2 unspecified atom stereocenters. The van der Waals surface area contributed by atoms with Crippen molar-refractivity contribution in [2.75, 3.05) is 5.32 Å². The molecule has 148 valence electrons. The van der Waals surface area contributed by atoms with Crippen LogP contribution in [0.1, 0.15) is 24.0 Å². The predicted molar refractivity (Wildman–Crippen MR) is 109 cm³/mol. The summed E-state index contributed by atoms with van der Waals surface area (Å²) in [7, 11) is 1.79. The summed E-state index contributed by atoms with van der Waals surface area (Å²) in [6.07, 6.45) is 7.33. The van der Waals surface area contributed by atoms with E-state index in [4.69, 9.17) is 0 Å². The van der Waals surface area contributed by atoms with Crippen LogP contribution in [0.15, 0.2) is 42.7 Å². The van der Waals surface area contributed by atoms with E-state index in [-0.39, 0.29) is 6.04 Å². The molecule has 2 N–H and O–H groups in total. The molecule has 2 aliphatic carbocycles. The molecule has 2 bridgehead atoms. The van der Waals surface area contributed by atoms with E-state index in [2.05, 4.69) is 45.0 Å². The molecule has 29 heavy (non-hydrogen) atoms. The maximum Gasteiger partial charge on any atom is 0.313 e. The van der Waals surface area contributed by atoms with Crippen molar-refractivity contribution in [3.63, 3.8) is 0 Å². The van der Waals surface area contributed by atoms with Gasteiger partial charge in [-0.1, -0.05) is 24.3 Å². The highest BCUT2D eigenvalue weighted by molar-refractivity contribution is 6.40. The molecule has 0 saturated heterocycles. The lowest BCUT2D eigenvalue weighted by Gasteiger charge is -2.23. The number of benzene rings is 1. The van der Waals surface area contributed by atoms with Gasteiger partial charge in [0.2, 0.25) is 0 Å². The molecular formula is C22H23N5O2. The minimum absolute atomic E-state index is 0.0384. The van der Waals surface area contributed by atoms with Gasteiger partial charge in [0, 0.05) is 19.3 Å². The van der Waals surface area contributed by atoms with Crippen molar-refractivity contribution < 1.29 is 9.59 Å². The zero-order valence-corrected chi connectivity index (χ0v) is 16.3. The molecule has 0 spiro atoms. The summed E-state index contributed by atoms with van der Waals surface area (Å²) < 4.78 is 1.63. The molecule has 0 aliphatic heterocycles. The van der Waals surface area contributed by atoms with Gasteiger partial charge in [0.05, 0.1) is 17.3 Å². The third-order valence-electron chi connectivity index (χ3n) is 6.39. The van der Waals surface area contributed by atoms with Gasteiger partial charge in [0.1, 0.15) is 0 Å². The summed E-state index contributed by atoms with van der Waals surface area (Å²) in [5.74, 6) is -0.466. The molecule has 1 saturated carbocycles. The Hall–Kier alpha value is -3.22. The van der Waals surface area contributed by atoms with Gasteiger partial charge in [-0.25, -0.2) is 4.98 Å². The van der Waals surface area contributed by atoms with E-state index in [0.717, 1.165) is 25.7 Å². The van der Waals surface area contributed by atoms with Crippen LogP contribution in [0.4, 0.5) is 5.69 Å². The largest absolute Gasteiger partial charge is 0.345 e. The average molecular weight is 389 g/mol. The van der Waals surface area contributed by atoms with Crippen LogP contribution in [0.2, 0.25) is 0 Å². The molecule has 0 radical (unpaired) electrons. The average Bonchev–Trinajstić information content (AvgIpc) is 3.22. The van der Waals surface area contributed by atoms with Gasteiger partial charge >= 0.3 is 11.8 Å². The summed E-state index contributed by atoms with van der Waals surface area (Å²) >= 11 is 0. The lowest BCUT2D eigenvalue weighted by molar-refractivity contribution is -0.136. The summed E-state index contributed by atoms with van der Waals surface area (Å²) in [5, 5.41) is 10.6. The lowest BCUT2D eigenvalue weighted by atomic mass is 9.94. The number of carbonyl (C=O) groups is 2. The molecule has 2 amide bonds. The number of amides is 2. The van der Waals surface area contributed by atoms with Gasteiger partial charge in [-0.2, -0.15) is 5.10 Å². The Morgan fingerprint density at radius 3 is 2.41 bits per heavy atom. The van der Waals surface area contributed by atoms with E-state index in [9.17, 15) is 9.59 Å². The van der Waals surface area contributed by atoms with E-state index < -0.39 is 11.8 Å². The summed E-state index contributed by atoms with van der Waals surface area (Å²) in [5.41, 5.74) is 3.94. The summed E-state index contributed by atoms with van der Waals surface area (Å²) in [6.45, 7) is 0. The van der Waals surface area contributed by atoms with Crippen LogP contribution in [0.5, 0.6) is 0 Å². The SMILES string of the molecule is Cn1ncc2c(NC(=O)C(=O)NC3C4CCC3Cc3ccccc3C4)ccnc21. The zero-order valence-electron chi connectivity index (χ0n) is 16.3. The number of fused-ring (bicyclic) bond motifs is 4. The Balaban J connectivity index is 1.31. The predicted octanol–water partition coefficient (Wildman–Crippen LogP) is 2.22. The maximum atomic E-state index is 12.7. The van der Waals surface area contributed by atoms with Gasteiger partial charge in [0.25, 0.3) is 0 Å². The number of hydrogen-bond acceptors (Lipinski definition) is 4. The third kappa shape index (κ3) is 3.16. The Morgan fingerprint density at radius 1 is 1.03 bits per heavy atom. The molecule has 3 aromatic rings. The number of hydrogen-bond donors (Lipinski definition) is 2. The molecular weight excluding hydrogens is 366 g/mol. The van der Waals surface area contributed by atoms with Gasteiger partial charge in [-0.15, -0.1) is 0 Å². The zero-order chi connectivity index (χ0) is 20.0. The quantitative estimate of drug-likeness (QED) is 0.658. The smallest absolute Gasteiger partial charge is 0.313 e. The topological polar surface area (TPSA) is 88.9 Å². The molecule has 2 heterocycles. The Kier molecular flexibility index (Phi) is 4.30. The van der Waals surface area contributed by atoms with Gasteiger partial charge in [-0.05, 0) is 54.7 Å². The van der Waals surface area contributed by atoms with Crippen molar-refractivity contribution in [2.24, 2.45) is 18.9 Å². The number of aromatic nitrogens is 3. The van der Waals surface area contributed by atoms with Crippen LogP contribution in [-0.4, -0.2) is 32.6 Å². The number of anilines is 1. The fourth-order valence-electron chi connectivity index (χ4n) is 4.94. The van der Waals surface area contributed by atoms with Crippen LogP contribution >= 0.6 is 0 Å². The minimum Gasteiger partial charge on any atom is -0.345 e. The molecule has 2 atom stereocenters. The van der Waals surface area contributed by atoms with E-state index in [1.54, 1.807) is 30.2 Å². The Bertz CT molecular complexity index is 1070. The van der Waals surface area contributed by atoms with E-state index in [1.165, 1.54) is 11.1 Å².